The Morgan fingerprint density at radius 2 is 1.91 bits per heavy atom. The van der Waals surface area contributed by atoms with E-state index in [9.17, 15) is 9.59 Å². The van der Waals surface area contributed by atoms with Crippen molar-refractivity contribution in [1.82, 2.24) is 4.90 Å². The molecule has 2 aromatic carbocycles. The third-order valence-electron chi connectivity index (χ3n) is 9.82. The topological polar surface area (TPSA) is 74.3 Å². The molecule has 1 saturated heterocycles. The van der Waals surface area contributed by atoms with Crippen LogP contribution in [0.2, 0.25) is 0 Å². The number of ether oxygens (including phenoxy) is 4. The summed E-state index contributed by atoms with van der Waals surface area (Å²) in [5.41, 5.74) is 1.82. The first-order valence-electron chi connectivity index (χ1n) is 17.0. The number of carbonyl (C=O) groups is 2. The van der Waals surface area contributed by atoms with E-state index in [0.29, 0.717) is 23.8 Å². The molecule has 246 valence electrons. The number of morpholine rings is 1. The van der Waals surface area contributed by atoms with Gasteiger partial charge in [-0.25, -0.2) is 4.79 Å². The highest BCUT2D eigenvalue weighted by Crippen LogP contribution is 2.61. The van der Waals surface area contributed by atoms with Crippen molar-refractivity contribution in [2.75, 3.05) is 51.8 Å². The van der Waals surface area contributed by atoms with Gasteiger partial charge < -0.3 is 18.9 Å². The Morgan fingerprint density at radius 3 is 2.74 bits per heavy atom. The molecule has 2 aromatic rings. The zero-order valence-electron chi connectivity index (χ0n) is 26.9. The van der Waals surface area contributed by atoms with Gasteiger partial charge in [-0.2, -0.15) is 0 Å². The van der Waals surface area contributed by atoms with Crippen LogP contribution in [0.4, 0.5) is 0 Å². The molecule has 0 aromatic heterocycles. The molecule has 4 aliphatic rings. The largest absolute Gasteiger partial charge is 0.486 e. The van der Waals surface area contributed by atoms with Crippen LogP contribution >= 0.6 is 11.8 Å². The number of hydrogen-bond acceptors (Lipinski definition) is 8. The van der Waals surface area contributed by atoms with Crippen molar-refractivity contribution in [2.24, 2.45) is 17.8 Å². The molecule has 2 saturated carbocycles. The van der Waals surface area contributed by atoms with Crippen molar-refractivity contribution in [3.8, 4) is 5.75 Å². The Balaban J connectivity index is 0.996. The van der Waals surface area contributed by atoms with E-state index in [0.717, 1.165) is 88.8 Å². The number of fused-ring (bicyclic) bond motifs is 1. The third kappa shape index (κ3) is 8.51. The van der Waals surface area contributed by atoms with E-state index in [1.165, 1.54) is 5.56 Å². The Labute approximate surface area is 277 Å². The minimum atomic E-state index is -0.292. The van der Waals surface area contributed by atoms with E-state index >= 15 is 0 Å². The second-order valence-corrected chi connectivity index (χ2v) is 14.3. The van der Waals surface area contributed by atoms with Crippen LogP contribution in [0.15, 0.2) is 78.6 Å². The maximum absolute atomic E-state index is 12.7. The lowest BCUT2D eigenvalue weighted by Crippen LogP contribution is -2.37. The average Bonchev–Trinajstić information content (AvgIpc) is 3.72. The van der Waals surface area contributed by atoms with Gasteiger partial charge in [-0.1, -0.05) is 42.5 Å². The number of nitrogens with zero attached hydrogens (tertiary/aromatic N) is 1. The zero-order chi connectivity index (χ0) is 31.8. The molecule has 3 aliphatic carbocycles. The number of hydrogen-bond donors (Lipinski definition) is 0. The Bertz CT molecular complexity index is 1390. The van der Waals surface area contributed by atoms with E-state index in [1.807, 2.05) is 48.2 Å². The smallest absolute Gasteiger partial charge is 0.343 e. The molecular formula is C38H47NO6S. The molecule has 0 N–H and O–H groups in total. The maximum Gasteiger partial charge on any atom is 0.343 e. The van der Waals surface area contributed by atoms with E-state index in [4.69, 9.17) is 18.9 Å². The molecule has 0 radical (unpaired) electrons. The monoisotopic (exact) mass is 645 g/mol. The number of thioether (sulfide) groups is 1. The zero-order valence-corrected chi connectivity index (χ0v) is 27.8. The molecule has 1 heterocycles. The van der Waals surface area contributed by atoms with Gasteiger partial charge in [0.2, 0.25) is 0 Å². The van der Waals surface area contributed by atoms with Crippen LogP contribution < -0.4 is 4.74 Å². The van der Waals surface area contributed by atoms with E-state index in [-0.39, 0.29) is 35.1 Å². The summed E-state index contributed by atoms with van der Waals surface area (Å²) in [7, 11) is 0. The average molecular weight is 646 g/mol. The van der Waals surface area contributed by atoms with E-state index < -0.39 is 0 Å². The lowest BCUT2D eigenvalue weighted by Gasteiger charge is -2.27. The van der Waals surface area contributed by atoms with Gasteiger partial charge in [-0.3, -0.25) is 9.69 Å². The van der Waals surface area contributed by atoms with Crippen molar-refractivity contribution < 1.29 is 28.5 Å². The van der Waals surface area contributed by atoms with Gasteiger partial charge in [0, 0.05) is 36.8 Å². The van der Waals surface area contributed by atoms with Crippen LogP contribution in [0.3, 0.4) is 0 Å². The van der Waals surface area contributed by atoms with Crippen molar-refractivity contribution in [2.45, 2.75) is 56.3 Å². The minimum absolute atomic E-state index is 0.00650. The van der Waals surface area contributed by atoms with Gasteiger partial charge in [-0.15, -0.1) is 11.8 Å². The van der Waals surface area contributed by atoms with Crippen LogP contribution in [0.5, 0.6) is 5.75 Å². The molecular weight excluding hydrogens is 598 g/mol. The molecule has 0 spiro atoms. The van der Waals surface area contributed by atoms with Gasteiger partial charge in [0.05, 0.1) is 24.9 Å². The van der Waals surface area contributed by atoms with E-state index in [2.05, 4.69) is 36.1 Å². The predicted octanol–water partition coefficient (Wildman–Crippen LogP) is 6.52. The van der Waals surface area contributed by atoms with E-state index in [1.54, 1.807) is 12.1 Å². The number of benzene rings is 2. The van der Waals surface area contributed by atoms with Gasteiger partial charge >= 0.3 is 5.97 Å². The first-order chi connectivity index (χ1) is 22.5. The first kappa shape index (κ1) is 33.0. The first-order valence-corrected chi connectivity index (χ1v) is 18.0. The number of allylic oxidation sites excluding steroid dienone is 3. The highest BCUT2D eigenvalue weighted by atomic mass is 32.2. The Kier molecular flexibility index (Phi) is 11.3. The summed E-state index contributed by atoms with van der Waals surface area (Å²) < 4.78 is 23.5. The van der Waals surface area contributed by atoms with Crippen molar-refractivity contribution in [3.05, 3.63) is 89.7 Å². The van der Waals surface area contributed by atoms with Crippen LogP contribution in [-0.2, 0) is 25.4 Å². The fourth-order valence-electron chi connectivity index (χ4n) is 7.17. The van der Waals surface area contributed by atoms with Crippen LogP contribution in [0.1, 0.15) is 54.9 Å². The molecule has 1 aliphatic heterocycles. The van der Waals surface area contributed by atoms with Gasteiger partial charge in [0.25, 0.3) is 0 Å². The summed E-state index contributed by atoms with van der Waals surface area (Å²) in [6.45, 7) is 7.33. The molecule has 5 atom stereocenters. The number of esters is 1. The highest BCUT2D eigenvalue weighted by molar-refractivity contribution is 8.01. The predicted molar refractivity (Wildman–Crippen MR) is 181 cm³/mol. The van der Waals surface area contributed by atoms with Crippen LogP contribution in [0.25, 0.3) is 0 Å². The highest BCUT2D eigenvalue weighted by Gasteiger charge is 2.57. The van der Waals surface area contributed by atoms with Crippen molar-refractivity contribution in [1.29, 1.82) is 0 Å². The number of Topliss-reactive ketones (excluding diaryl/α,β-unsaturated/α-hetero) is 1. The van der Waals surface area contributed by atoms with Crippen LogP contribution in [-0.4, -0.2) is 79.3 Å². The summed E-state index contributed by atoms with van der Waals surface area (Å²) >= 11 is 2.00. The molecule has 8 heteroatoms. The quantitative estimate of drug-likeness (QED) is 0.191. The summed E-state index contributed by atoms with van der Waals surface area (Å²) in [5.74, 6) is 3.58. The van der Waals surface area contributed by atoms with Crippen LogP contribution in [0, 0.1) is 17.8 Å². The Hall–Kier alpha value is -2.91. The molecule has 0 amide bonds. The molecule has 7 nitrogen and oxygen atoms in total. The second-order valence-electron chi connectivity index (χ2n) is 12.9. The lowest BCUT2D eigenvalue weighted by atomic mass is 9.90. The summed E-state index contributed by atoms with van der Waals surface area (Å²) in [6.07, 6.45) is 12.1. The molecule has 3 unspecified atom stereocenters. The SMILES string of the molecule is CCOC1CC[C@H](Cc2cccc(OCC(=O)CCCN3CCOCC3)c2)[C@H]1CSC12C=CC=C(OC(=O)c3ccccc3)C1C2. The molecule has 3 fully saturated rings. The summed E-state index contributed by atoms with van der Waals surface area (Å²) in [5, 5.41) is 0. The Morgan fingerprint density at radius 1 is 1.07 bits per heavy atom. The van der Waals surface area contributed by atoms with Gasteiger partial charge in [-0.05, 0) is 99.1 Å². The van der Waals surface area contributed by atoms with Crippen molar-refractivity contribution >= 4 is 23.5 Å². The molecule has 0 bridgehead atoms. The fraction of sp³-hybridized carbons (Fsp3) is 0.526. The van der Waals surface area contributed by atoms with Gasteiger partial charge in [0.15, 0.2) is 5.78 Å². The fourth-order valence-corrected chi connectivity index (χ4v) is 8.93. The number of rotatable bonds is 16. The standard InChI is InChI=1S/C38H47NO6S/c1-2-43-35-16-15-30(23-28-9-6-13-32(24-28)44-26-31(40)12-8-18-39-19-21-42-22-20-39)33(35)27-46-38-17-7-14-36(34(38)25-38)45-37(41)29-10-4-3-5-11-29/h3-7,9-11,13-14,17,24,30,33-35H,2,8,12,15-16,18-23,25-27H2,1H3/t30-,33-,34?,35?,38?/m1/s1. The third-order valence-corrected chi connectivity index (χ3v) is 11.5. The van der Waals surface area contributed by atoms with Gasteiger partial charge in [0.1, 0.15) is 18.1 Å². The number of ketones is 1. The second kappa shape index (κ2) is 15.8. The molecule has 46 heavy (non-hydrogen) atoms. The minimum Gasteiger partial charge on any atom is -0.486 e. The summed E-state index contributed by atoms with van der Waals surface area (Å²) in [4.78, 5) is 27.6. The lowest BCUT2D eigenvalue weighted by molar-refractivity contribution is -0.121. The maximum atomic E-state index is 12.7. The summed E-state index contributed by atoms with van der Waals surface area (Å²) in [6, 6.07) is 17.5. The normalized spacial score (nSPS) is 27.1. The number of carbonyl (C=O) groups excluding carboxylic acids is 2. The molecule has 6 rings (SSSR count). The van der Waals surface area contributed by atoms with Crippen molar-refractivity contribution in [3.63, 3.8) is 0 Å².